The van der Waals surface area contributed by atoms with Crippen LogP contribution in [0.4, 0.5) is 23.1 Å². The zero-order valence-electron chi connectivity index (χ0n) is 17.1. The molecule has 1 aliphatic heterocycles. The molecule has 0 bridgehead atoms. The van der Waals surface area contributed by atoms with Crippen LogP contribution in [0.1, 0.15) is 21.6 Å². The van der Waals surface area contributed by atoms with Gasteiger partial charge in [-0.1, -0.05) is 0 Å². The van der Waals surface area contributed by atoms with Crippen LogP contribution in [-0.2, 0) is 4.74 Å². The second kappa shape index (κ2) is 9.24. The van der Waals surface area contributed by atoms with E-state index in [1.54, 1.807) is 24.3 Å². The number of morpholine rings is 1. The largest absolute Gasteiger partial charge is 0.378 e. The van der Waals surface area contributed by atoms with Crippen LogP contribution >= 0.6 is 0 Å². The Labute approximate surface area is 180 Å². The van der Waals surface area contributed by atoms with Crippen molar-refractivity contribution in [2.45, 2.75) is 6.92 Å². The van der Waals surface area contributed by atoms with E-state index in [0.29, 0.717) is 36.0 Å². The Morgan fingerprint density at radius 3 is 2.39 bits per heavy atom. The van der Waals surface area contributed by atoms with Crippen molar-refractivity contribution in [3.8, 4) is 6.07 Å². The van der Waals surface area contributed by atoms with Crippen LogP contribution in [0, 0.1) is 18.3 Å². The number of nitriles is 1. The monoisotopic (exact) mass is 414 g/mol. The maximum absolute atomic E-state index is 12.4. The summed E-state index contributed by atoms with van der Waals surface area (Å²) in [5, 5.41) is 14.9. The first-order valence-corrected chi connectivity index (χ1v) is 9.98. The maximum Gasteiger partial charge on any atom is 0.255 e. The van der Waals surface area contributed by atoms with Crippen molar-refractivity contribution in [2.24, 2.45) is 0 Å². The summed E-state index contributed by atoms with van der Waals surface area (Å²) in [4.78, 5) is 23.7. The lowest BCUT2D eigenvalue weighted by Crippen LogP contribution is -2.36. The normalized spacial score (nSPS) is 13.4. The lowest BCUT2D eigenvalue weighted by molar-refractivity contribution is 0.102. The van der Waals surface area contributed by atoms with E-state index < -0.39 is 0 Å². The Hall–Kier alpha value is -3.96. The molecular formula is C23H22N6O2. The number of aromatic nitrogens is 2. The Bertz CT molecular complexity index is 1100. The molecule has 2 aromatic carbocycles. The van der Waals surface area contributed by atoms with Crippen molar-refractivity contribution in [3.63, 3.8) is 0 Å². The standard InChI is InChI=1S/C23H22N6O2/c1-16-14-21(29-10-12-31-13-11-29)28-23(25-16)27-20-8-6-19(7-9-20)26-22(30)18-4-2-17(15-24)3-5-18/h2-9,14H,10-13H2,1H3,(H,26,30)(H,25,27,28). The number of nitrogens with one attached hydrogen (secondary N) is 2. The highest BCUT2D eigenvalue weighted by Crippen LogP contribution is 2.21. The van der Waals surface area contributed by atoms with Crippen molar-refractivity contribution in [2.75, 3.05) is 41.8 Å². The molecule has 0 aliphatic carbocycles. The number of benzene rings is 2. The van der Waals surface area contributed by atoms with Gasteiger partial charge in [0.2, 0.25) is 5.95 Å². The number of carbonyl (C=O) groups excluding carboxylic acids is 1. The lowest BCUT2D eigenvalue weighted by atomic mass is 10.1. The Morgan fingerprint density at radius 1 is 1.03 bits per heavy atom. The van der Waals surface area contributed by atoms with Crippen molar-refractivity contribution in [3.05, 3.63) is 71.4 Å². The summed E-state index contributed by atoms with van der Waals surface area (Å²) in [6.07, 6.45) is 0. The molecule has 2 N–H and O–H groups in total. The summed E-state index contributed by atoms with van der Waals surface area (Å²) in [7, 11) is 0. The predicted molar refractivity (Wildman–Crippen MR) is 119 cm³/mol. The summed E-state index contributed by atoms with van der Waals surface area (Å²) < 4.78 is 5.41. The number of amides is 1. The molecule has 4 rings (SSSR count). The highest BCUT2D eigenvalue weighted by Gasteiger charge is 2.14. The molecule has 0 spiro atoms. The van der Waals surface area contributed by atoms with E-state index >= 15 is 0 Å². The van der Waals surface area contributed by atoms with Gasteiger partial charge in [-0.2, -0.15) is 10.2 Å². The number of rotatable bonds is 5. The van der Waals surface area contributed by atoms with Gasteiger partial charge in [0.1, 0.15) is 5.82 Å². The van der Waals surface area contributed by atoms with Crippen LogP contribution in [0.5, 0.6) is 0 Å². The minimum atomic E-state index is -0.234. The zero-order chi connectivity index (χ0) is 21.6. The average molecular weight is 414 g/mol. The van der Waals surface area contributed by atoms with Crippen molar-refractivity contribution in [1.82, 2.24) is 9.97 Å². The molecular weight excluding hydrogens is 392 g/mol. The van der Waals surface area contributed by atoms with Gasteiger partial charge < -0.3 is 20.3 Å². The summed E-state index contributed by atoms with van der Waals surface area (Å²) in [6, 6.07) is 17.8. The van der Waals surface area contributed by atoms with Gasteiger partial charge in [0.25, 0.3) is 5.91 Å². The molecule has 0 saturated carbocycles. The molecule has 0 unspecified atom stereocenters. The zero-order valence-corrected chi connectivity index (χ0v) is 17.1. The average Bonchev–Trinajstić information content (AvgIpc) is 2.80. The molecule has 1 amide bonds. The minimum absolute atomic E-state index is 0.234. The number of nitrogens with zero attached hydrogens (tertiary/aromatic N) is 4. The SMILES string of the molecule is Cc1cc(N2CCOCC2)nc(Nc2ccc(NC(=O)c3ccc(C#N)cc3)cc2)n1. The van der Waals surface area contributed by atoms with E-state index in [9.17, 15) is 4.79 Å². The van der Waals surface area contributed by atoms with Gasteiger partial charge in [-0.3, -0.25) is 4.79 Å². The first-order chi connectivity index (χ1) is 15.1. The van der Waals surface area contributed by atoms with E-state index in [4.69, 9.17) is 10.00 Å². The first-order valence-electron chi connectivity index (χ1n) is 9.98. The summed E-state index contributed by atoms with van der Waals surface area (Å²) in [5.41, 5.74) is 3.37. The van der Waals surface area contributed by atoms with Crippen LogP contribution < -0.4 is 15.5 Å². The molecule has 1 aromatic heterocycles. The van der Waals surface area contributed by atoms with Crippen molar-refractivity contribution < 1.29 is 9.53 Å². The third-order valence-electron chi connectivity index (χ3n) is 4.85. The Balaban J connectivity index is 1.42. The van der Waals surface area contributed by atoms with Gasteiger partial charge >= 0.3 is 0 Å². The van der Waals surface area contributed by atoms with Gasteiger partial charge in [0.15, 0.2) is 0 Å². The number of ether oxygens (including phenoxy) is 1. The molecule has 0 radical (unpaired) electrons. The van der Waals surface area contributed by atoms with E-state index in [0.717, 1.165) is 30.3 Å². The molecule has 156 valence electrons. The van der Waals surface area contributed by atoms with Crippen LogP contribution in [0.15, 0.2) is 54.6 Å². The van der Waals surface area contributed by atoms with Crippen molar-refractivity contribution >= 4 is 29.0 Å². The van der Waals surface area contributed by atoms with Crippen molar-refractivity contribution in [1.29, 1.82) is 5.26 Å². The van der Waals surface area contributed by atoms with Crippen LogP contribution in [-0.4, -0.2) is 42.2 Å². The molecule has 1 aliphatic rings. The molecule has 1 saturated heterocycles. The highest BCUT2D eigenvalue weighted by molar-refractivity contribution is 6.04. The number of anilines is 4. The smallest absolute Gasteiger partial charge is 0.255 e. The minimum Gasteiger partial charge on any atom is -0.378 e. The van der Waals surface area contributed by atoms with E-state index in [-0.39, 0.29) is 5.91 Å². The Kier molecular flexibility index (Phi) is 6.05. The number of aryl methyl sites for hydroxylation is 1. The second-order valence-electron chi connectivity index (χ2n) is 7.14. The van der Waals surface area contributed by atoms with Crippen LogP contribution in [0.25, 0.3) is 0 Å². The summed E-state index contributed by atoms with van der Waals surface area (Å²) in [6.45, 7) is 4.95. The fourth-order valence-corrected chi connectivity index (χ4v) is 3.23. The van der Waals surface area contributed by atoms with Gasteiger partial charge in [-0.05, 0) is 55.5 Å². The maximum atomic E-state index is 12.4. The fraction of sp³-hybridized carbons (Fsp3) is 0.217. The summed E-state index contributed by atoms with van der Waals surface area (Å²) in [5.74, 6) is 1.17. The molecule has 2 heterocycles. The van der Waals surface area contributed by atoms with Gasteiger partial charge in [0, 0.05) is 41.8 Å². The second-order valence-corrected chi connectivity index (χ2v) is 7.14. The molecule has 3 aromatic rings. The highest BCUT2D eigenvalue weighted by atomic mass is 16.5. The van der Waals surface area contributed by atoms with E-state index in [1.807, 2.05) is 43.3 Å². The first kappa shape index (κ1) is 20.3. The molecule has 31 heavy (non-hydrogen) atoms. The quantitative estimate of drug-likeness (QED) is 0.659. The van der Waals surface area contributed by atoms with E-state index in [1.165, 1.54) is 0 Å². The van der Waals surface area contributed by atoms with Gasteiger partial charge in [0.05, 0.1) is 24.8 Å². The van der Waals surface area contributed by atoms with Gasteiger partial charge in [-0.25, -0.2) is 4.98 Å². The number of hydrogen-bond donors (Lipinski definition) is 2. The molecule has 8 heteroatoms. The molecule has 1 fully saturated rings. The predicted octanol–water partition coefficient (Wildman–Crippen LogP) is 3.49. The van der Waals surface area contributed by atoms with Crippen LogP contribution in [0.3, 0.4) is 0 Å². The van der Waals surface area contributed by atoms with Crippen LogP contribution in [0.2, 0.25) is 0 Å². The third kappa shape index (κ3) is 5.15. The Morgan fingerprint density at radius 2 is 1.71 bits per heavy atom. The molecule has 0 atom stereocenters. The van der Waals surface area contributed by atoms with Gasteiger partial charge in [-0.15, -0.1) is 0 Å². The fourth-order valence-electron chi connectivity index (χ4n) is 3.23. The number of carbonyl (C=O) groups is 1. The topological polar surface area (TPSA) is 103 Å². The number of hydrogen-bond acceptors (Lipinski definition) is 7. The summed E-state index contributed by atoms with van der Waals surface area (Å²) >= 11 is 0. The third-order valence-corrected chi connectivity index (χ3v) is 4.85. The molecule has 8 nitrogen and oxygen atoms in total. The lowest BCUT2D eigenvalue weighted by Gasteiger charge is -2.28. The van der Waals surface area contributed by atoms with E-state index in [2.05, 4.69) is 25.5 Å².